The molecule has 2 aromatic carbocycles. The zero-order valence-electron chi connectivity index (χ0n) is 13.1. The predicted molar refractivity (Wildman–Crippen MR) is 93.7 cm³/mol. The molecule has 0 fully saturated rings. The van der Waals surface area contributed by atoms with Crippen LogP contribution < -0.4 is 9.62 Å². The average Bonchev–Trinajstić information content (AvgIpc) is 2.51. The molecule has 24 heavy (non-hydrogen) atoms. The number of nitrogens with one attached hydrogen (secondary N) is 1. The number of anilines is 2. The molecule has 1 N–H and O–H groups in total. The van der Waals surface area contributed by atoms with Gasteiger partial charge in [0.2, 0.25) is 10.0 Å². The summed E-state index contributed by atoms with van der Waals surface area (Å²) in [6, 6.07) is 10.0. The Morgan fingerprint density at radius 1 is 1.21 bits per heavy atom. The molecule has 0 saturated carbocycles. The van der Waals surface area contributed by atoms with Crippen molar-refractivity contribution in [1.29, 1.82) is 0 Å². The second kappa shape index (κ2) is 7.19. The van der Waals surface area contributed by atoms with E-state index in [1.165, 1.54) is 28.6 Å². The van der Waals surface area contributed by atoms with E-state index in [1.54, 1.807) is 19.1 Å². The largest absolute Gasteiger partial charge is 0.322 e. The summed E-state index contributed by atoms with van der Waals surface area (Å²) in [7, 11) is -3.38. The lowest BCUT2D eigenvalue weighted by Gasteiger charge is -2.20. The van der Waals surface area contributed by atoms with Gasteiger partial charge in [0.1, 0.15) is 5.82 Å². The fourth-order valence-corrected chi connectivity index (χ4v) is 3.32. The van der Waals surface area contributed by atoms with Gasteiger partial charge in [0.25, 0.3) is 5.91 Å². The fraction of sp³-hybridized carbons (Fsp3) is 0.188. The minimum atomic E-state index is -3.38. The Balaban J connectivity index is 2.18. The van der Waals surface area contributed by atoms with Crippen molar-refractivity contribution in [2.45, 2.75) is 6.92 Å². The molecule has 8 heteroatoms. The maximum absolute atomic E-state index is 13.1. The molecule has 0 aliphatic rings. The van der Waals surface area contributed by atoms with Crippen LogP contribution in [0.2, 0.25) is 5.02 Å². The highest BCUT2D eigenvalue weighted by molar-refractivity contribution is 7.92. The van der Waals surface area contributed by atoms with Crippen molar-refractivity contribution >= 4 is 38.9 Å². The van der Waals surface area contributed by atoms with Gasteiger partial charge < -0.3 is 5.32 Å². The van der Waals surface area contributed by atoms with E-state index in [0.29, 0.717) is 23.5 Å². The normalized spacial score (nSPS) is 11.2. The quantitative estimate of drug-likeness (QED) is 0.875. The minimum Gasteiger partial charge on any atom is -0.322 e. The molecule has 0 atom stereocenters. The number of rotatable bonds is 5. The highest BCUT2D eigenvalue weighted by atomic mass is 35.5. The van der Waals surface area contributed by atoms with Crippen molar-refractivity contribution < 1.29 is 17.6 Å². The molecule has 0 bridgehead atoms. The molecule has 0 aliphatic carbocycles. The van der Waals surface area contributed by atoms with E-state index in [0.717, 1.165) is 12.3 Å². The lowest BCUT2D eigenvalue weighted by Crippen LogP contribution is -2.29. The van der Waals surface area contributed by atoms with E-state index < -0.39 is 21.7 Å². The molecular formula is C16H16ClFN2O3S. The van der Waals surface area contributed by atoms with Crippen LogP contribution in [0.1, 0.15) is 17.3 Å². The van der Waals surface area contributed by atoms with Crippen molar-refractivity contribution in [3.05, 3.63) is 58.9 Å². The van der Waals surface area contributed by atoms with Crippen LogP contribution in [0, 0.1) is 5.82 Å². The van der Waals surface area contributed by atoms with Crippen LogP contribution in [0.5, 0.6) is 0 Å². The fourth-order valence-electron chi connectivity index (χ4n) is 2.16. The molecule has 2 rings (SSSR count). The maximum Gasteiger partial charge on any atom is 0.255 e. The van der Waals surface area contributed by atoms with Crippen molar-refractivity contribution in [2.75, 3.05) is 22.4 Å². The first kappa shape index (κ1) is 18.2. The van der Waals surface area contributed by atoms with E-state index >= 15 is 0 Å². The molecule has 0 spiro atoms. The molecule has 128 valence electrons. The number of amides is 1. The van der Waals surface area contributed by atoms with Gasteiger partial charge in [0.05, 0.1) is 17.0 Å². The van der Waals surface area contributed by atoms with Crippen molar-refractivity contribution in [2.24, 2.45) is 0 Å². The third-order valence-corrected chi connectivity index (χ3v) is 4.84. The highest BCUT2D eigenvalue weighted by Crippen LogP contribution is 2.21. The number of sulfonamides is 1. The van der Waals surface area contributed by atoms with Crippen LogP contribution in [0.25, 0.3) is 0 Å². The van der Waals surface area contributed by atoms with Gasteiger partial charge in [-0.25, -0.2) is 12.8 Å². The summed E-state index contributed by atoms with van der Waals surface area (Å²) in [6.07, 6.45) is 1.12. The smallest absolute Gasteiger partial charge is 0.255 e. The third kappa shape index (κ3) is 4.24. The molecule has 2 aromatic rings. The molecule has 0 aliphatic heterocycles. The predicted octanol–water partition coefficient (Wildman–Crippen LogP) is 3.52. The number of benzene rings is 2. The minimum absolute atomic E-state index is 0.0881. The van der Waals surface area contributed by atoms with E-state index in [-0.39, 0.29) is 5.02 Å². The monoisotopic (exact) mass is 370 g/mol. The average molecular weight is 371 g/mol. The van der Waals surface area contributed by atoms with Crippen LogP contribution in [0.15, 0.2) is 42.5 Å². The van der Waals surface area contributed by atoms with E-state index in [4.69, 9.17) is 11.6 Å². The van der Waals surface area contributed by atoms with Crippen LogP contribution in [-0.4, -0.2) is 27.1 Å². The lowest BCUT2D eigenvalue weighted by atomic mass is 10.2. The van der Waals surface area contributed by atoms with E-state index in [9.17, 15) is 17.6 Å². The topological polar surface area (TPSA) is 66.5 Å². The van der Waals surface area contributed by atoms with Gasteiger partial charge >= 0.3 is 0 Å². The van der Waals surface area contributed by atoms with E-state index in [2.05, 4.69) is 5.32 Å². The number of nitrogens with zero attached hydrogens (tertiary/aromatic N) is 1. The van der Waals surface area contributed by atoms with Crippen molar-refractivity contribution in [3.8, 4) is 0 Å². The van der Waals surface area contributed by atoms with Gasteiger partial charge in [0, 0.05) is 17.8 Å². The zero-order valence-corrected chi connectivity index (χ0v) is 14.7. The molecule has 1 amide bonds. The molecule has 0 saturated heterocycles. The summed E-state index contributed by atoms with van der Waals surface area (Å²) in [5, 5.41) is 2.51. The Labute approximate surface area is 145 Å². The zero-order chi connectivity index (χ0) is 17.9. The number of carbonyl (C=O) groups is 1. The molecule has 0 radical (unpaired) electrons. The first-order valence-corrected chi connectivity index (χ1v) is 9.29. The summed E-state index contributed by atoms with van der Waals surface area (Å²) >= 11 is 5.67. The lowest BCUT2D eigenvalue weighted by molar-refractivity contribution is 0.102. The maximum atomic E-state index is 13.1. The number of carbonyl (C=O) groups excluding carboxylic acids is 1. The van der Waals surface area contributed by atoms with Crippen molar-refractivity contribution in [1.82, 2.24) is 0 Å². The van der Waals surface area contributed by atoms with Gasteiger partial charge in [-0.1, -0.05) is 11.6 Å². The summed E-state index contributed by atoms with van der Waals surface area (Å²) < 4.78 is 37.7. The SMILES string of the molecule is CCN(c1ccc(C(=O)Nc2ccc(F)c(Cl)c2)cc1)S(C)(=O)=O. The third-order valence-electron chi connectivity index (χ3n) is 3.28. The van der Waals surface area contributed by atoms with Crippen LogP contribution in [0.4, 0.5) is 15.8 Å². The Morgan fingerprint density at radius 2 is 1.83 bits per heavy atom. The van der Waals surface area contributed by atoms with Crippen LogP contribution in [-0.2, 0) is 10.0 Å². The molecule has 0 heterocycles. The van der Waals surface area contributed by atoms with Crippen LogP contribution in [0.3, 0.4) is 0 Å². The second-order valence-electron chi connectivity index (χ2n) is 5.06. The summed E-state index contributed by atoms with van der Waals surface area (Å²) in [5.41, 5.74) is 1.17. The molecule has 0 aromatic heterocycles. The highest BCUT2D eigenvalue weighted by Gasteiger charge is 2.16. The second-order valence-corrected chi connectivity index (χ2v) is 7.37. The van der Waals surface area contributed by atoms with Gasteiger partial charge in [0.15, 0.2) is 0 Å². The molecular weight excluding hydrogens is 355 g/mol. The van der Waals surface area contributed by atoms with Gasteiger partial charge in [-0.15, -0.1) is 0 Å². The Kier molecular flexibility index (Phi) is 5.46. The number of hydrogen-bond donors (Lipinski definition) is 1. The van der Waals surface area contributed by atoms with Crippen LogP contribution >= 0.6 is 11.6 Å². The standard InChI is InChI=1S/C16H16ClFN2O3S/c1-3-20(24(2,22)23)13-7-4-11(5-8-13)16(21)19-12-6-9-15(18)14(17)10-12/h4-10H,3H2,1-2H3,(H,19,21). The first-order chi connectivity index (χ1) is 11.2. The molecule has 0 unspecified atom stereocenters. The summed E-state index contributed by atoms with van der Waals surface area (Å²) in [6.45, 7) is 2.01. The summed E-state index contributed by atoms with van der Waals surface area (Å²) in [4.78, 5) is 12.2. The van der Waals surface area contributed by atoms with Crippen molar-refractivity contribution in [3.63, 3.8) is 0 Å². The number of halogens is 2. The van der Waals surface area contributed by atoms with Gasteiger partial charge in [-0.3, -0.25) is 9.10 Å². The molecule has 5 nitrogen and oxygen atoms in total. The van der Waals surface area contributed by atoms with Gasteiger partial charge in [-0.2, -0.15) is 0 Å². The van der Waals surface area contributed by atoms with Gasteiger partial charge in [-0.05, 0) is 49.4 Å². The first-order valence-electron chi connectivity index (χ1n) is 7.06. The Bertz CT molecular complexity index is 854. The van der Waals surface area contributed by atoms with E-state index in [1.807, 2.05) is 0 Å². The summed E-state index contributed by atoms with van der Waals surface area (Å²) in [5.74, 6) is -0.980. The Morgan fingerprint density at radius 3 is 2.33 bits per heavy atom. The number of hydrogen-bond acceptors (Lipinski definition) is 3. The Hall–Kier alpha value is -2.12.